The van der Waals surface area contributed by atoms with Gasteiger partial charge >= 0.3 is 12.2 Å². The molecule has 1 aliphatic rings. The van der Waals surface area contributed by atoms with Crippen LogP contribution in [-0.4, -0.2) is 73.3 Å². The average molecular weight is 690 g/mol. The lowest BCUT2D eigenvalue weighted by Gasteiger charge is -2.33. The molecule has 0 radical (unpaired) electrons. The molecule has 2 atom stereocenters. The highest BCUT2D eigenvalue weighted by molar-refractivity contribution is 5.92. The van der Waals surface area contributed by atoms with Gasteiger partial charge in [0.2, 0.25) is 5.91 Å². The number of nitrogens with one attached hydrogen (secondary N) is 2. The highest BCUT2D eigenvalue weighted by Gasteiger charge is 2.29. The summed E-state index contributed by atoms with van der Waals surface area (Å²) in [6.07, 6.45) is -0.699. The number of hydrogen-bond donors (Lipinski definition) is 2. The Kier molecular flexibility index (Phi) is 12.1. The van der Waals surface area contributed by atoms with Crippen molar-refractivity contribution in [3.8, 4) is 5.75 Å². The first-order valence-corrected chi connectivity index (χ1v) is 16.0. The standard InChI is InChI=1S/C33H42F3N7O6/c1-32(2,3)49-31(47)42-12-6-8-23(19-42)16-28(44)38-25-11-14-41(29(45)17-25)13-10-24(34)20-43-21-27(39-40-43)30(46)37-18-22-7-5-9-26(15-22)48-33(4,35)36/h5,7,9,11,14-15,17,21,23-24H,6,8,10,12-13,16,18-20H2,1-4H3,(H,37,46)(H,38,44). The number of aromatic nitrogens is 4. The predicted molar refractivity (Wildman–Crippen MR) is 173 cm³/mol. The third-order valence-corrected chi connectivity index (χ3v) is 7.41. The summed E-state index contributed by atoms with van der Waals surface area (Å²) in [5, 5.41) is 12.9. The van der Waals surface area contributed by atoms with Crippen molar-refractivity contribution >= 4 is 23.6 Å². The Hall–Kier alpha value is -4.89. The Balaban J connectivity index is 1.20. The van der Waals surface area contributed by atoms with E-state index in [4.69, 9.17) is 4.74 Å². The Labute approximate surface area is 281 Å². The van der Waals surface area contributed by atoms with Crippen molar-refractivity contribution in [1.82, 2.24) is 29.8 Å². The number of likely N-dealkylation sites (tertiary alicyclic amines) is 1. The van der Waals surface area contributed by atoms with Gasteiger partial charge < -0.3 is 29.6 Å². The molecule has 3 aromatic rings. The molecule has 0 aliphatic carbocycles. The Bertz CT molecular complexity index is 1670. The fourth-order valence-corrected chi connectivity index (χ4v) is 5.23. The number of ether oxygens (including phenoxy) is 2. The van der Waals surface area contributed by atoms with E-state index in [-0.39, 0.29) is 55.7 Å². The van der Waals surface area contributed by atoms with Gasteiger partial charge in [-0.1, -0.05) is 17.3 Å². The first kappa shape index (κ1) is 36.9. The summed E-state index contributed by atoms with van der Waals surface area (Å²) in [6, 6.07) is 8.72. The fraction of sp³-hybridized carbons (Fsp3) is 0.515. The van der Waals surface area contributed by atoms with Crippen molar-refractivity contribution < 1.29 is 37.0 Å². The van der Waals surface area contributed by atoms with Gasteiger partial charge in [-0.3, -0.25) is 14.4 Å². The second-order valence-electron chi connectivity index (χ2n) is 13.1. The monoisotopic (exact) mass is 689 g/mol. The van der Waals surface area contributed by atoms with Crippen molar-refractivity contribution in [1.29, 1.82) is 0 Å². The molecule has 1 saturated heterocycles. The van der Waals surface area contributed by atoms with Crippen molar-refractivity contribution in [3.05, 3.63) is 70.4 Å². The van der Waals surface area contributed by atoms with Gasteiger partial charge in [0.05, 0.1) is 12.7 Å². The van der Waals surface area contributed by atoms with Gasteiger partial charge in [-0.15, -0.1) is 5.10 Å². The minimum atomic E-state index is -3.35. The molecule has 0 saturated carbocycles. The number of piperidine rings is 1. The Morgan fingerprint density at radius 3 is 2.61 bits per heavy atom. The average Bonchev–Trinajstić information content (AvgIpc) is 3.46. The van der Waals surface area contributed by atoms with Gasteiger partial charge in [0.15, 0.2) is 5.69 Å². The molecule has 1 aliphatic heterocycles. The first-order chi connectivity index (χ1) is 23.0. The number of pyridine rings is 1. The van der Waals surface area contributed by atoms with Gasteiger partial charge in [0, 0.05) is 57.5 Å². The molecule has 3 amide bonds. The minimum Gasteiger partial charge on any atom is -0.444 e. The van der Waals surface area contributed by atoms with E-state index < -0.39 is 35.4 Å². The molecule has 0 spiro atoms. The van der Waals surface area contributed by atoms with Gasteiger partial charge in [0.25, 0.3) is 11.5 Å². The van der Waals surface area contributed by atoms with Crippen LogP contribution in [0.5, 0.6) is 5.75 Å². The van der Waals surface area contributed by atoms with E-state index in [0.29, 0.717) is 31.3 Å². The molecule has 1 fully saturated rings. The maximum Gasteiger partial charge on any atom is 0.410 e. The van der Waals surface area contributed by atoms with Gasteiger partial charge in [0.1, 0.15) is 17.5 Å². The SMILES string of the molecule is CC(C)(C)OC(=O)N1CCCC(CC(=O)Nc2ccn(CCC(F)Cn3cc(C(=O)NCc4cccc(OC(C)(F)F)c4)nn3)c(=O)c2)C1. The Morgan fingerprint density at radius 1 is 1.12 bits per heavy atom. The molecule has 0 bridgehead atoms. The van der Waals surface area contributed by atoms with E-state index in [1.165, 1.54) is 45.9 Å². The number of anilines is 1. The number of halogens is 3. The van der Waals surface area contributed by atoms with E-state index in [1.807, 2.05) is 0 Å². The molecular weight excluding hydrogens is 647 g/mol. The van der Waals surface area contributed by atoms with Crippen LogP contribution in [0.2, 0.25) is 0 Å². The molecule has 49 heavy (non-hydrogen) atoms. The Morgan fingerprint density at radius 2 is 1.90 bits per heavy atom. The zero-order chi connectivity index (χ0) is 35.8. The van der Waals surface area contributed by atoms with E-state index in [1.54, 1.807) is 37.8 Å². The largest absolute Gasteiger partial charge is 0.444 e. The zero-order valence-electron chi connectivity index (χ0n) is 28.0. The van der Waals surface area contributed by atoms with Crippen molar-refractivity contribution in [2.75, 3.05) is 18.4 Å². The normalized spacial score (nSPS) is 15.7. The van der Waals surface area contributed by atoms with Crippen LogP contribution in [0.25, 0.3) is 0 Å². The highest BCUT2D eigenvalue weighted by atomic mass is 19.3. The summed E-state index contributed by atoms with van der Waals surface area (Å²) >= 11 is 0. The number of amides is 3. The van der Waals surface area contributed by atoms with E-state index in [9.17, 15) is 32.3 Å². The van der Waals surface area contributed by atoms with Gasteiger partial charge in [-0.2, -0.15) is 8.78 Å². The number of aryl methyl sites for hydroxylation is 1. The van der Waals surface area contributed by atoms with Crippen molar-refractivity contribution in [3.63, 3.8) is 0 Å². The number of nitrogens with zero attached hydrogens (tertiary/aromatic N) is 5. The summed E-state index contributed by atoms with van der Waals surface area (Å²) in [4.78, 5) is 51.9. The number of carbonyl (C=O) groups excluding carboxylic acids is 3. The molecule has 13 nitrogen and oxygen atoms in total. The zero-order valence-corrected chi connectivity index (χ0v) is 28.0. The van der Waals surface area contributed by atoms with Crippen LogP contribution >= 0.6 is 0 Å². The molecule has 266 valence electrons. The van der Waals surface area contributed by atoms with Gasteiger partial charge in [-0.05, 0) is 69.7 Å². The lowest BCUT2D eigenvalue weighted by Crippen LogP contribution is -2.43. The van der Waals surface area contributed by atoms with Crippen LogP contribution in [-0.2, 0) is 29.2 Å². The summed E-state index contributed by atoms with van der Waals surface area (Å²) in [5.74, 6) is -0.956. The molecular formula is C33H42F3N7O6. The number of benzene rings is 1. The molecule has 2 N–H and O–H groups in total. The topological polar surface area (TPSA) is 150 Å². The predicted octanol–water partition coefficient (Wildman–Crippen LogP) is 4.77. The van der Waals surface area contributed by atoms with E-state index >= 15 is 0 Å². The molecule has 1 aromatic carbocycles. The van der Waals surface area contributed by atoms with Crippen LogP contribution in [0.3, 0.4) is 0 Å². The first-order valence-electron chi connectivity index (χ1n) is 16.0. The van der Waals surface area contributed by atoms with Crippen LogP contribution in [0.1, 0.15) is 69.4 Å². The summed E-state index contributed by atoms with van der Waals surface area (Å²) in [7, 11) is 0. The van der Waals surface area contributed by atoms with E-state index in [0.717, 1.165) is 12.8 Å². The maximum atomic E-state index is 14.8. The molecule has 4 rings (SSSR count). The highest BCUT2D eigenvalue weighted by Crippen LogP contribution is 2.23. The van der Waals surface area contributed by atoms with Crippen LogP contribution in [0.15, 0.2) is 53.6 Å². The second kappa shape index (κ2) is 16.0. The smallest absolute Gasteiger partial charge is 0.410 e. The lowest BCUT2D eigenvalue weighted by molar-refractivity contribution is -0.159. The third-order valence-electron chi connectivity index (χ3n) is 7.41. The number of rotatable bonds is 13. The van der Waals surface area contributed by atoms with Crippen LogP contribution < -0.4 is 20.9 Å². The van der Waals surface area contributed by atoms with Crippen molar-refractivity contribution in [2.24, 2.45) is 5.92 Å². The van der Waals surface area contributed by atoms with E-state index in [2.05, 4.69) is 25.7 Å². The summed E-state index contributed by atoms with van der Waals surface area (Å²) in [5.41, 5.74) is -0.245. The van der Waals surface area contributed by atoms with Crippen molar-refractivity contribution in [2.45, 2.75) is 90.9 Å². The van der Waals surface area contributed by atoms with Gasteiger partial charge in [-0.25, -0.2) is 13.9 Å². The number of hydrogen-bond acceptors (Lipinski definition) is 8. The fourth-order valence-electron chi connectivity index (χ4n) is 5.23. The quantitative estimate of drug-likeness (QED) is 0.261. The van der Waals surface area contributed by atoms with Crippen LogP contribution in [0, 0.1) is 5.92 Å². The third kappa shape index (κ3) is 12.3. The van der Waals surface area contributed by atoms with Crippen LogP contribution in [0.4, 0.5) is 23.7 Å². The second-order valence-corrected chi connectivity index (χ2v) is 13.1. The summed E-state index contributed by atoms with van der Waals surface area (Å²) < 4.78 is 53.5. The summed E-state index contributed by atoms with van der Waals surface area (Å²) in [6.45, 7) is 6.87. The maximum absolute atomic E-state index is 14.8. The molecule has 16 heteroatoms. The molecule has 2 aromatic heterocycles. The molecule has 3 heterocycles. The number of carbonyl (C=O) groups is 3. The minimum absolute atomic E-state index is 0.0102. The lowest BCUT2D eigenvalue weighted by atomic mass is 9.94. The molecule has 2 unspecified atom stereocenters. The number of alkyl halides is 3.